The molecule has 3 amide bonds. The van der Waals surface area contributed by atoms with Crippen LogP contribution in [0.2, 0.25) is 0 Å². The van der Waals surface area contributed by atoms with Gasteiger partial charge < -0.3 is 16.0 Å². The van der Waals surface area contributed by atoms with E-state index in [1.54, 1.807) is 0 Å². The molecule has 0 fully saturated rings. The van der Waals surface area contributed by atoms with E-state index in [0.29, 0.717) is 32.4 Å². The van der Waals surface area contributed by atoms with Crippen molar-refractivity contribution >= 4 is 17.7 Å². The highest BCUT2D eigenvalue weighted by atomic mass is 16.2. The molecule has 6 heteroatoms. The second-order valence-electron chi connectivity index (χ2n) is 12.3. The van der Waals surface area contributed by atoms with Crippen molar-refractivity contribution in [1.82, 2.24) is 16.0 Å². The van der Waals surface area contributed by atoms with E-state index < -0.39 is 6.04 Å². The normalized spacial score (nSPS) is 17.0. The first-order valence-electron chi connectivity index (χ1n) is 16.1. The largest absolute Gasteiger partial charge is 0.356 e. The lowest BCUT2D eigenvalue weighted by atomic mass is 9.75. The highest BCUT2D eigenvalue weighted by Gasteiger charge is 2.36. The average molecular weight is 568 g/mol. The van der Waals surface area contributed by atoms with Crippen molar-refractivity contribution in [3.8, 4) is 0 Å². The van der Waals surface area contributed by atoms with Gasteiger partial charge in [0.25, 0.3) is 0 Å². The predicted octanol–water partition coefficient (Wildman–Crippen LogP) is 7.37. The molecule has 1 atom stereocenters. The molecule has 0 aliphatic heterocycles. The van der Waals surface area contributed by atoms with Crippen molar-refractivity contribution < 1.29 is 14.4 Å². The van der Waals surface area contributed by atoms with Crippen LogP contribution in [0, 0.1) is 5.41 Å². The van der Waals surface area contributed by atoms with Crippen LogP contribution in [0.3, 0.4) is 0 Å². The lowest BCUT2D eigenvalue weighted by molar-refractivity contribution is -0.129. The van der Waals surface area contributed by atoms with Crippen LogP contribution in [0.4, 0.5) is 0 Å². The first-order valence-corrected chi connectivity index (χ1v) is 16.1. The van der Waals surface area contributed by atoms with Gasteiger partial charge in [-0.05, 0) is 83.8 Å². The van der Waals surface area contributed by atoms with E-state index in [1.807, 2.05) is 0 Å². The van der Waals surface area contributed by atoms with Gasteiger partial charge in [0.15, 0.2) is 0 Å². The molecule has 0 aromatic heterocycles. The summed E-state index contributed by atoms with van der Waals surface area (Å²) in [6, 6.07) is -0.493. The van der Waals surface area contributed by atoms with E-state index in [9.17, 15) is 14.4 Å². The Morgan fingerprint density at radius 1 is 0.854 bits per heavy atom. The van der Waals surface area contributed by atoms with E-state index >= 15 is 0 Å². The lowest BCUT2D eigenvalue weighted by Crippen LogP contribution is -2.47. The van der Waals surface area contributed by atoms with Crippen LogP contribution in [0.15, 0.2) is 46.1 Å². The molecule has 230 valence electrons. The van der Waals surface area contributed by atoms with Gasteiger partial charge >= 0.3 is 0 Å². The quantitative estimate of drug-likeness (QED) is 0.142. The molecule has 0 heterocycles. The molecule has 0 spiro atoms. The summed E-state index contributed by atoms with van der Waals surface area (Å²) >= 11 is 0. The Kier molecular flexibility index (Phi) is 15.2. The summed E-state index contributed by atoms with van der Waals surface area (Å²) in [7, 11) is 0. The molecule has 0 saturated heterocycles. The van der Waals surface area contributed by atoms with Gasteiger partial charge in [-0.1, -0.05) is 80.9 Å². The van der Waals surface area contributed by atoms with Gasteiger partial charge in [0, 0.05) is 31.3 Å². The molecule has 41 heavy (non-hydrogen) atoms. The minimum Gasteiger partial charge on any atom is -0.356 e. The summed E-state index contributed by atoms with van der Waals surface area (Å²) in [5.41, 5.74) is 6.68. The molecular weight excluding hydrogens is 510 g/mol. The third-order valence-corrected chi connectivity index (χ3v) is 9.44. The Labute approximate surface area is 250 Å². The maximum Gasteiger partial charge on any atom is 0.242 e. The molecule has 0 saturated carbocycles. The van der Waals surface area contributed by atoms with Crippen LogP contribution in [0.5, 0.6) is 0 Å². The summed E-state index contributed by atoms with van der Waals surface area (Å²) < 4.78 is 0. The molecule has 2 rings (SSSR count). The maximum atomic E-state index is 13.0. The molecule has 0 aromatic rings. The number of hydrogen-bond donors (Lipinski definition) is 3. The fourth-order valence-electron chi connectivity index (χ4n) is 5.95. The third kappa shape index (κ3) is 11.3. The van der Waals surface area contributed by atoms with Gasteiger partial charge in [-0.25, -0.2) is 0 Å². The van der Waals surface area contributed by atoms with Crippen molar-refractivity contribution in [1.29, 1.82) is 0 Å². The smallest absolute Gasteiger partial charge is 0.242 e. The topological polar surface area (TPSA) is 87.3 Å². The molecule has 6 nitrogen and oxygen atoms in total. The molecule has 0 radical (unpaired) electrons. The number of carbonyl (C=O) groups is 3. The minimum atomic E-state index is -0.493. The fraction of sp³-hybridized carbons (Fsp3) is 0.686. The van der Waals surface area contributed by atoms with Crippen LogP contribution < -0.4 is 16.0 Å². The van der Waals surface area contributed by atoms with E-state index in [2.05, 4.69) is 75.7 Å². The van der Waals surface area contributed by atoms with Gasteiger partial charge in [0.05, 0.1) is 0 Å². The summed E-state index contributed by atoms with van der Waals surface area (Å²) in [6.45, 7) is 14.4. The van der Waals surface area contributed by atoms with Gasteiger partial charge in [0.1, 0.15) is 6.04 Å². The zero-order valence-electron chi connectivity index (χ0n) is 26.8. The van der Waals surface area contributed by atoms with Gasteiger partial charge in [-0.3, -0.25) is 14.4 Å². The standard InChI is InChI=1S/C35H57N3O3/c1-7-8-9-14-19-31(38-33(40)21-23-35(6)28(4)26(2)27(3)29(35)5)34(41)37-24-16-11-15-20-32(39)36-25-22-30-17-12-10-13-18-30/h10,12,17,31H,7-9,11,13-16,18-25H2,1-6H3,(H,36,39)(H,37,41)(H,38,40)/t31-/m0/s1. The molecule has 3 N–H and O–H groups in total. The van der Waals surface area contributed by atoms with E-state index in [4.69, 9.17) is 0 Å². The summed E-state index contributed by atoms with van der Waals surface area (Å²) in [4.78, 5) is 38.2. The number of amides is 3. The zero-order chi connectivity index (χ0) is 30.3. The van der Waals surface area contributed by atoms with Crippen LogP contribution in [-0.4, -0.2) is 36.9 Å². The zero-order valence-corrected chi connectivity index (χ0v) is 26.8. The van der Waals surface area contributed by atoms with Crippen molar-refractivity contribution in [3.63, 3.8) is 0 Å². The number of unbranched alkanes of at least 4 members (excludes halogenated alkanes) is 5. The average Bonchev–Trinajstić information content (AvgIpc) is 3.11. The highest BCUT2D eigenvalue weighted by Crippen LogP contribution is 2.49. The van der Waals surface area contributed by atoms with Crippen LogP contribution in [0.25, 0.3) is 0 Å². The molecule has 2 aliphatic carbocycles. The predicted molar refractivity (Wildman–Crippen MR) is 170 cm³/mol. The lowest BCUT2D eigenvalue weighted by Gasteiger charge is -2.29. The van der Waals surface area contributed by atoms with Crippen molar-refractivity contribution in [2.75, 3.05) is 13.1 Å². The highest BCUT2D eigenvalue weighted by molar-refractivity contribution is 5.87. The van der Waals surface area contributed by atoms with E-state index in [0.717, 1.165) is 70.6 Å². The molecular formula is C35H57N3O3. The number of hydrogen-bond acceptors (Lipinski definition) is 3. The molecule has 0 bridgehead atoms. The Bertz CT molecular complexity index is 994. The van der Waals surface area contributed by atoms with E-state index in [-0.39, 0.29) is 23.1 Å². The fourth-order valence-corrected chi connectivity index (χ4v) is 5.95. The van der Waals surface area contributed by atoms with Gasteiger partial charge in [-0.15, -0.1) is 0 Å². The second-order valence-corrected chi connectivity index (χ2v) is 12.3. The monoisotopic (exact) mass is 567 g/mol. The number of rotatable bonds is 19. The summed E-state index contributed by atoms with van der Waals surface area (Å²) in [5, 5.41) is 9.11. The Hall–Kier alpha value is -2.63. The second kappa shape index (κ2) is 18.0. The molecule has 0 unspecified atom stereocenters. The number of nitrogens with one attached hydrogen (secondary N) is 3. The van der Waals surface area contributed by atoms with Crippen LogP contribution >= 0.6 is 0 Å². The Morgan fingerprint density at radius 2 is 1.56 bits per heavy atom. The molecule has 0 aromatic carbocycles. The van der Waals surface area contributed by atoms with Gasteiger partial charge in [-0.2, -0.15) is 0 Å². The Balaban J connectivity index is 1.71. The van der Waals surface area contributed by atoms with E-state index in [1.165, 1.54) is 27.9 Å². The SMILES string of the molecule is CCCCCC[C@H](NC(=O)CCC1(C)C(C)=C(C)C(C)=C1C)C(=O)NCCCCCC(=O)NCCC1=CC=CCC1. The van der Waals surface area contributed by atoms with Crippen molar-refractivity contribution in [2.24, 2.45) is 5.41 Å². The summed E-state index contributed by atoms with van der Waals surface area (Å²) in [6.07, 6.45) is 18.6. The van der Waals surface area contributed by atoms with Crippen molar-refractivity contribution in [3.05, 3.63) is 46.1 Å². The first-order chi connectivity index (χ1) is 19.6. The van der Waals surface area contributed by atoms with Crippen LogP contribution in [-0.2, 0) is 14.4 Å². The number of carbonyl (C=O) groups excluding carboxylic acids is 3. The maximum absolute atomic E-state index is 13.0. The van der Waals surface area contributed by atoms with Crippen LogP contribution in [0.1, 0.15) is 131 Å². The van der Waals surface area contributed by atoms with Crippen molar-refractivity contribution in [2.45, 2.75) is 137 Å². The third-order valence-electron chi connectivity index (χ3n) is 9.44. The first kappa shape index (κ1) is 34.6. The molecule has 2 aliphatic rings. The minimum absolute atomic E-state index is 0.0491. The van der Waals surface area contributed by atoms with Gasteiger partial charge in [0.2, 0.25) is 17.7 Å². The summed E-state index contributed by atoms with van der Waals surface area (Å²) in [5.74, 6) is -0.0405. The Morgan fingerprint density at radius 3 is 2.22 bits per heavy atom. The number of allylic oxidation sites excluding steroid dienone is 7.